The largest absolute Gasteiger partial charge is 0.353 e. The Balaban J connectivity index is 2.22. The second-order valence-corrected chi connectivity index (χ2v) is 3.37. The molecule has 0 aromatic carbocycles. The molecule has 7 heteroatoms. The van der Waals surface area contributed by atoms with Gasteiger partial charge >= 0.3 is 0 Å². The van der Waals surface area contributed by atoms with Crippen LogP contribution in [0.15, 0.2) is 18.3 Å². The molecule has 0 saturated carbocycles. The van der Waals surface area contributed by atoms with E-state index in [0.717, 1.165) is 5.69 Å². The monoisotopic (exact) mass is 221 g/mol. The molecule has 1 aromatic heterocycles. The molecule has 0 unspecified atom stereocenters. The van der Waals surface area contributed by atoms with Crippen molar-refractivity contribution in [2.75, 3.05) is 23.4 Å². The predicted molar refractivity (Wildman–Crippen MR) is 57.4 cm³/mol. The van der Waals surface area contributed by atoms with Crippen molar-refractivity contribution in [2.45, 2.75) is 0 Å². The normalized spacial score (nSPS) is 15.9. The Morgan fingerprint density at radius 2 is 2.06 bits per heavy atom. The fraction of sp³-hybridized carbons (Fsp3) is 0.222. The van der Waals surface area contributed by atoms with E-state index in [1.165, 1.54) is 0 Å². The first-order valence-electron chi connectivity index (χ1n) is 4.69. The second-order valence-electron chi connectivity index (χ2n) is 3.37. The highest BCUT2D eigenvalue weighted by Gasteiger charge is 2.22. The second kappa shape index (κ2) is 4.15. The molecule has 1 aliphatic rings. The SMILES string of the molecule is NNc1cc(N2CC(=O)NC(=O)C2)ccn1. The van der Waals surface area contributed by atoms with E-state index in [2.05, 4.69) is 15.7 Å². The summed E-state index contributed by atoms with van der Waals surface area (Å²) in [6.07, 6.45) is 1.56. The Morgan fingerprint density at radius 3 is 2.69 bits per heavy atom. The number of rotatable bonds is 2. The summed E-state index contributed by atoms with van der Waals surface area (Å²) in [6, 6.07) is 3.39. The van der Waals surface area contributed by atoms with E-state index in [1.54, 1.807) is 23.2 Å². The first-order valence-corrected chi connectivity index (χ1v) is 4.69. The van der Waals surface area contributed by atoms with E-state index in [-0.39, 0.29) is 24.9 Å². The Bertz CT molecular complexity index is 418. The number of aromatic nitrogens is 1. The van der Waals surface area contributed by atoms with Gasteiger partial charge in [0, 0.05) is 18.0 Å². The van der Waals surface area contributed by atoms with Crippen molar-refractivity contribution >= 4 is 23.3 Å². The van der Waals surface area contributed by atoms with Gasteiger partial charge in [0.05, 0.1) is 13.1 Å². The zero-order chi connectivity index (χ0) is 11.5. The minimum absolute atomic E-state index is 0.153. The van der Waals surface area contributed by atoms with Crippen LogP contribution in [0.1, 0.15) is 0 Å². The smallest absolute Gasteiger partial charge is 0.246 e. The number of carbonyl (C=O) groups excluding carboxylic acids is 2. The highest BCUT2D eigenvalue weighted by atomic mass is 16.2. The number of hydrogen-bond acceptors (Lipinski definition) is 6. The van der Waals surface area contributed by atoms with Crippen LogP contribution in [0.2, 0.25) is 0 Å². The van der Waals surface area contributed by atoms with Crippen molar-refractivity contribution in [3.05, 3.63) is 18.3 Å². The van der Waals surface area contributed by atoms with Gasteiger partial charge in [-0.15, -0.1) is 0 Å². The molecule has 7 nitrogen and oxygen atoms in total. The lowest BCUT2D eigenvalue weighted by Crippen LogP contribution is -2.51. The van der Waals surface area contributed by atoms with Crippen molar-refractivity contribution < 1.29 is 9.59 Å². The molecular formula is C9H11N5O2. The Morgan fingerprint density at radius 1 is 1.38 bits per heavy atom. The molecule has 16 heavy (non-hydrogen) atoms. The van der Waals surface area contributed by atoms with Gasteiger partial charge in [-0.1, -0.05) is 0 Å². The number of pyridine rings is 1. The number of nitrogen functional groups attached to an aromatic ring is 1. The number of amides is 2. The molecule has 0 atom stereocenters. The molecule has 4 N–H and O–H groups in total. The summed E-state index contributed by atoms with van der Waals surface area (Å²) in [5.41, 5.74) is 3.13. The van der Waals surface area contributed by atoms with Crippen LogP contribution in [0.4, 0.5) is 11.5 Å². The number of nitrogens with zero attached hydrogens (tertiary/aromatic N) is 2. The van der Waals surface area contributed by atoms with Gasteiger partial charge < -0.3 is 10.3 Å². The summed E-state index contributed by atoms with van der Waals surface area (Å²) >= 11 is 0. The number of imide groups is 1. The number of carbonyl (C=O) groups is 2. The molecule has 0 radical (unpaired) electrons. The van der Waals surface area contributed by atoms with Gasteiger partial charge in [0.2, 0.25) is 11.8 Å². The maximum Gasteiger partial charge on any atom is 0.246 e. The highest BCUT2D eigenvalue weighted by Crippen LogP contribution is 2.17. The zero-order valence-electron chi connectivity index (χ0n) is 8.43. The van der Waals surface area contributed by atoms with Gasteiger partial charge in [0.25, 0.3) is 0 Å². The lowest BCUT2D eigenvalue weighted by Gasteiger charge is -2.27. The quantitative estimate of drug-likeness (QED) is 0.330. The molecule has 84 valence electrons. The predicted octanol–water partition coefficient (Wildman–Crippen LogP) is -1.17. The van der Waals surface area contributed by atoms with Crippen LogP contribution >= 0.6 is 0 Å². The van der Waals surface area contributed by atoms with E-state index in [0.29, 0.717) is 5.82 Å². The number of hydrazine groups is 1. The van der Waals surface area contributed by atoms with Crippen molar-refractivity contribution in [3.8, 4) is 0 Å². The third kappa shape index (κ3) is 2.09. The van der Waals surface area contributed by atoms with E-state index >= 15 is 0 Å². The number of nitrogens with one attached hydrogen (secondary N) is 2. The van der Waals surface area contributed by atoms with E-state index < -0.39 is 0 Å². The number of piperazine rings is 1. The molecule has 0 spiro atoms. The Labute approximate surface area is 91.6 Å². The van der Waals surface area contributed by atoms with Crippen LogP contribution in [-0.2, 0) is 9.59 Å². The molecule has 0 bridgehead atoms. The molecule has 1 aromatic rings. The fourth-order valence-corrected chi connectivity index (χ4v) is 1.51. The van der Waals surface area contributed by atoms with Crippen LogP contribution in [0, 0.1) is 0 Å². The minimum atomic E-state index is -0.310. The lowest BCUT2D eigenvalue weighted by atomic mass is 10.3. The third-order valence-electron chi connectivity index (χ3n) is 2.20. The number of hydrogen-bond donors (Lipinski definition) is 3. The summed E-state index contributed by atoms with van der Waals surface area (Å²) in [5.74, 6) is 5.09. The van der Waals surface area contributed by atoms with E-state index in [9.17, 15) is 9.59 Å². The first kappa shape index (κ1) is 10.4. The lowest BCUT2D eigenvalue weighted by molar-refractivity contribution is -0.130. The van der Waals surface area contributed by atoms with Crippen LogP contribution in [-0.4, -0.2) is 29.9 Å². The van der Waals surface area contributed by atoms with Crippen LogP contribution < -0.4 is 21.5 Å². The molecular weight excluding hydrogens is 210 g/mol. The molecule has 2 amide bonds. The summed E-state index contributed by atoms with van der Waals surface area (Å²) in [4.78, 5) is 28.0. The first-order chi connectivity index (χ1) is 7.69. The van der Waals surface area contributed by atoms with Crippen molar-refractivity contribution in [3.63, 3.8) is 0 Å². The average Bonchev–Trinajstić information content (AvgIpc) is 2.28. The van der Waals surface area contributed by atoms with Gasteiger partial charge in [0.15, 0.2) is 0 Å². The summed E-state index contributed by atoms with van der Waals surface area (Å²) in [7, 11) is 0. The van der Waals surface area contributed by atoms with Gasteiger partial charge in [-0.2, -0.15) is 0 Å². The Hall–Kier alpha value is -2.15. The molecule has 1 fully saturated rings. The summed E-state index contributed by atoms with van der Waals surface area (Å²) < 4.78 is 0. The van der Waals surface area contributed by atoms with Gasteiger partial charge in [-0.05, 0) is 6.07 Å². The van der Waals surface area contributed by atoms with Crippen molar-refractivity contribution in [2.24, 2.45) is 5.84 Å². The van der Waals surface area contributed by atoms with Gasteiger partial charge in [-0.3, -0.25) is 14.9 Å². The van der Waals surface area contributed by atoms with Gasteiger partial charge in [-0.25, -0.2) is 10.8 Å². The van der Waals surface area contributed by atoms with Crippen molar-refractivity contribution in [1.82, 2.24) is 10.3 Å². The molecule has 0 aliphatic carbocycles. The molecule has 1 aliphatic heterocycles. The standard InChI is InChI=1S/C9H11N5O2/c10-13-7-3-6(1-2-11-7)14-4-8(15)12-9(16)5-14/h1-3H,4-5,10H2,(H,11,13)(H,12,15,16). The zero-order valence-corrected chi connectivity index (χ0v) is 8.43. The summed E-state index contributed by atoms with van der Waals surface area (Å²) in [5, 5.41) is 2.23. The maximum atomic E-state index is 11.2. The fourth-order valence-electron chi connectivity index (χ4n) is 1.51. The number of anilines is 2. The summed E-state index contributed by atoms with van der Waals surface area (Å²) in [6.45, 7) is 0.305. The van der Waals surface area contributed by atoms with E-state index in [1.807, 2.05) is 0 Å². The topological polar surface area (TPSA) is 100 Å². The van der Waals surface area contributed by atoms with E-state index in [4.69, 9.17) is 5.84 Å². The van der Waals surface area contributed by atoms with Crippen LogP contribution in [0.5, 0.6) is 0 Å². The number of nitrogens with two attached hydrogens (primary N) is 1. The third-order valence-corrected chi connectivity index (χ3v) is 2.20. The minimum Gasteiger partial charge on any atom is -0.353 e. The Kier molecular flexibility index (Phi) is 2.69. The molecule has 2 rings (SSSR count). The average molecular weight is 221 g/mol. The van der Waals surface area contributed by atoms with Gasteiger partial charge in [0.1, 0.15) is 5.82 Å². The molecule has 2 heterocycles. The molecule has 1 saturated heterocycles. The van der Waals surface area contributed by atoms with Crippen molar-refractivity contribution in [1.29, 1.82) is 0 Å². The van der Waals surface area contributed by atoms with Crippen LogP contribution in [0.25, 0.3) is 0 Å². The maximum absolute atomic E-state index is 11.2. The highest BCUT2D eigenvalue weighted by molar-refractivity contribution is 6.02. The van der Waals surface area contributed by atoms with Crippen LogP contribution in [0.3, 0.4) is 0 Å².